The van der Waals surface area contributed by atoms with Gasteiger partial charge in [-0.2, -0.15) is 5.10 Å². The molecule has 2 aromatic heterocycles. The van der Waals surface area contributed by atoms with Crippen molar-refractivity contribution in [1.82, 2.24) is 19.7 Å². The van der Waals surface area contributed by atoms with E-state index in [2.05, 4.69) is 25.9 Å². The average molecular weight is 428 g/mol. The second-order valence-electron chi connectivity index (χ2n) is 7.54. The second-order valence-corrected chi connectivity index (χ2v) is 7.98. The number of pyridine rings is 1. The zero-order chi connectivity index (χ0) is 21.3. The van der Waals surface area contributed by atoms with Crippen molar-refractivity contribution in [3.8, 4) is 0 Å². The summed E-state index contributed by atoms with van der Waals surface area (Å²) in [7, 11) is 1.87. The molecule has 1 aliphatic heterocycles. The van der Waals surface area contributed by atoms with Crippen LogP contribution in [0.2, 0.25) is 5.02 Å². The minimum Gasteiger partial charge on any atom is -0.462 e. The number of esters is 1. The molecule has 8 heteroatoms. The molecule has 7 nitrogen and oxygen atoms in total. The van der Waals surface area contributed by atoms with Crippen molar-refractivity contribution in [2.45, 2.75) is 20.4 Å². The van der Waals surface area contributed by atoms with Crippen molar-refractivity contribution in [3.05, 3.63) is 52.3 Å². The standard InChI is InChI=1S/C22H26ClN5O2/c1-4-30-22(29)18-13-24-21-19(15(2)25-26(21)3)20(18)28-10-8-27(9-11-28)14-16-6-5-7-17(23)12-16/h5-7,12-13H,4,8-11,14H2,1-3H3. The molecule has 0 spiro atoms. The fraction of sp³-hybridized carbons (Fsp3) is 0.409. The number of benzene rings is 1. The van der Waals surface area contributed by atoms with Crippen LogP contribution in [-0.2, 0) is 18.3 Å². The van der Waals surface area contributed by atoms with Gasteiger partial charge in [0.2, 0.25) is 0 Å². The van der Waals surface area contributed by atoms with Crippen molar-refractivity contribution in [2.24, 2.45) is 7.05 Å². The molecular formula is C22H26ClN5O2. The van der Waals surface area contributed by atoms with Crippen LogP contribution in [0.4, 0.5) is 5.69 Å². The summed E-state index contributed by atoms with van der Waals surface area (Å²) in [5, 5.41) is 6.21. The maximum absolute atomic E-state index is 12.7. The molecule has 0 saturated carbocycles. The SMILES string of the molecule is CCOC(=O)c1cnc2c(c(C)nn2C)c1N1CCN(Cc2cccc(Cl)c2)CC1. The molecule has 0 radical (unpaired) electrons. The molecule has 0 atom stereocenters. The molecule has 30 heavy (non-hydrogen) atoms. The third-order valence-corrected chi connectivity index (χ3v) is 5.71. The zero-order valence-electron chi connectivity index (χ0n) is 17.6. The van der Waals surface area contributed by atoms with Crippen LogP contribution in [0.3, 0.4) is 0 Å². The molecule has 3 aromatic rings. The summed E-state index contributed by atoms with van der Waals surface area (Å²) in [5.74, 6) is -0.341. The van der Waals surface area contributed by atoms with Gasteiger partial charge in [0.25, 0.3) is 0 Å². The molecule has 1 aromatic carbocycles. The molecule has 1 fully saturated rings. The summed E-state index contributed by atoms with van der Waals surface area (Å²) in [6.07, 6.45) is 1.62. The van der Waals surface area contributed by atoms with Gasteiger partial charge in [0, 0.05) is 51.0 Å². The molecule has 4 rings (SSSR count). The van der Waals surface area contributed by atoms with Crippen LogP contribution in [0.15, 0.2) is 30.5 Å². The number of carbonyl (C=O) groups is 1. The summed E-state index contributed by atoms with van der Waals surface area (Å²) >= 11 is 6.13. The molecule has 1 saturated heterocycles. The van der Waals surface area contributed by atoms with Gasteiger partial charge in [0.15, 0.2) is 5.65 Å². The Labute approximate surface area is 181 Å². The van der Waals surface area contributed by atoms with Crippen molar-refractivity contribution in [3.63, 3.8) is 0 Å². The first-order valence-electron chi connectivity index (χ1n) is 10.2. The molecule has 3 heterocycles. The molecular weight excluding hydrogens is 402 g/mol. The van der Waals surface area contributed by atoms with E-state index >= 15 is 0 Å². The second kappa shape index (κ2) is 8.62. The number of rotatable bonds is 5. The van der Waals surface area contributed by atoms with E-state index in [-0.39, 0.29) is 5.97 Å². The minimum atomic E-state index is -0.341. The normalized spacial score (nSPS) is 15.0. The van der Waals surface area contributed by atoms with Gasteiger partial charge in [-0.3, -0.25) is 9.58 Å². The van der Waals surface area contributed by atoms with Crippen molar-refractivity contribution < 1.29 is 9.53 Å². The molecule has 158 valence electrons. The summed E-state index contributed by atoms with van der Waals surface area (Å²) < 4.78 is 7.07. The van der Waals surface area contributed by atoms with Crippen LogP contribution in [0, 0.1) is 6.92 Å². The largest absolute Gasteiger partial charge is 0.462 e. The number of aromatic nitrogens is 3. The molecule has 0 aliphatic carbocycles. The molecule has 0 N–H and O–H groups in total. The number of hydrogen-bond donors (Lipinski definition) is 0. The first kappa shape index (κ1) is 20.6. The van der Waals surface area contributed by atoms with Crippen molar-refractivity contribution in [1.29, 1.82) is 0 Å². The molecule has 0 unspecified atom stereocenters. The smallest absolute Gasteiger partial charge is 0.341 e. The van der Waals surface area contributed by atoms with Crippen LogP contribution in [0.5, 0.6) is 0 Å². The third-order valence-electron chi connectivity index (χ3n) is 5.48. The van der Waals surface area contributed by atoms with Gasteiger partial charge in [0.1, 0.15) is 5.56 Å². The Morgan fingerprint density at radius 3 is 2.70 bits per heavy atom. The highest BCUT2D eigenvalue weighted by molar-refractivity contribution is 6.30. The van der Waals surface area contributed by atoms with Crippen LogP contribution in [-0.4, -0.2) is 58.4 Å². The highest BCUT2D eigenvalue weighted by Gasteiger charge is 2.27. The summed E-state index contributed by atoms with van der Waals surface area (Å²) in [4.78, 5) is 21.8. The highest BCUT2D eigenvalue weighted by Crippen LogP contribution is 2.33. The Bertz CT molecular complexity index is 1070. The lowest BCUT2D eigenvalue weighted by atomic mass is 10.1. The van der Waals surface area contributed by atoms with Gasteiger partial charge < -0.3 is 9.64 Å². The fourth-order valence-electron chi connectivity index (χ4n) is 4.10. The summed E-state index contributed by atoms with van der Waals surface area (Å²) in [6, 6.07) is 7.99. The number of aryl methyl sites for hydroxylation is 2. The molecule has 0 amide bonds. The quantitative estimate of drug-likeness (QED) is 0.581. The van der Waals surface area contributed by atoms with Gasteiger partial charge in [-0.15, -0.1) is 0 Å². The predicted octanol–water partition coefficient (Wildman–Crippen LogP) is 3.43. The third kappa shape index (κ3) is 4.00. The number of fused-ring (bicyclic) bond motifs is 1. The van der Waals surface area contributed by atoms with Crippen LogP contribution < -0.4 is 4.90 Å². The van der Waals surface area contributed by atoms with Crippen molar-refractivity contribution >= 4 is 34.3 Å². The summed E-state index contributed by atoms with van der Waals surface area (Å²) in [6.45, 7) is 8.34. The summed E-state index contributed by atoms with van der Waals surface area (Å²) in [5.41, 5.74) is 4.23. The highest BCUT2D eigenvalue weighted by atomic mass is 35.5. The van der Waals surface area contributed by atoms with E-state index in [1.165, 1.54) is 5.56 Å². The lowest BCUT2D eigenvalue weighted by molar-refractivity contribution is 0.0526. The first-order chi connectivity index (χ1) is 14.5. The average Bonchev–Trinajstić information content (AvgIpc) is 3.02. The lowest BCUT2D eigenvalue weighted by Crippen LogP contribution is -2.46. The number of ether oxygens (including phenoxy) is 1. The van der Waals surface area contributed by atoms with Gasteiger partial charge in [0.05, 0.1) is 23.4 Å². The van der Waals surface area contributed by atoms with Crippen LogP contribution in [0.25, 0.3) is 11.0 Å². The van der Waals surface area contributed by atoms with Gasteiger partial charge >= 0.3 is 5.97 Å². The van der Waals surface area contributed by atoms with E-state index in [9.17, 15) is 4.79 Å². The maximum atomic E-state index is 12.7. The number of hydrogen-bond acceptors (Lipinski definition) is 6. The topological polar surface area (TPSA) is 63.5 Å². The van der Waals surface area contributed by atoms with Gasteiger partial charge in [-0.25, -0.2) is 9.78 Å². The Kier molecular flexibility index (Phi) is 5.92. The van der Waals surface area contributed by atoms with Crippen LogP contribution in [0.1, 0.15) is 28.5 Å². The number of piperazine rings is 1. The number of halogens is 1. The number of carbonyl (C=O) groups excluding carboxylic acids is 1. The lowest BCUT2D eigenvalue weighted by Gasteiger charge is -2.37. The monoisotopic (exact) mass is 427 g/mol. The van der Waals surface area contributed by atoms with E-state index in [4.69, 9.17) is 16.3 Å². The Morgan fingerprint density at radius 1 is 1.23 bits per heavy atom. The van der Waals surface area contributed by atoms with E-state index in [1.54, 1.807) is 10.9 Å². The van der Waals surface area contributed by atoms with E-state index < -0.39 is 0 Å². The minimum absolute atomic E-state index is 0.329. The zero-order valence-corrected chi connectivity index (χ0v) is 18.3. The van der Waals surface area contributed by atoms with Gasteiger partial charge in [-0.1, -0.05) is 23.7 Å². The van der Waals surface area contributed by atoms with E-state index in [1.807, 2.05) is 39.1 Å². The van der Waals surface area contributed by atoms with E-state index in [0.29, 0.717) is 12.2 Å². The van der Waals surface area contributed by atoms with Crippen LogP contribution >= 0.6 is 11.6 Å². The maximum Gasteiger partial charge on any atom is 0.341 e. The first-order valence-corrected chi connectivity index (χ1v) is 10.6. The van der Waals surface area contributed by atoms with Crippen molar-refractivity contribution in [2.75, 3.05) is 37.7 Å². The molecule has 1 aliphatic rings. The van der Waals surface area contributed by atoms with Gasteiger partial charge in [-0.05, 0) is 31.5 Å². The van der Waals surface area contributed by atoms with E-state index in [0.717, 1.165) is 60.2 Å². The predicted molar refractivity (Wildman–Crippen MR) is 118 cm³/mol. The number of anilines is 1. The Morgan fingerprint density at radius 2 is 2.00 bits per heavy atom. The Balaban J connectivity index is 1.61. The fourth-order valence-corrected chi connectivity index (χ4v) is 4.32. The Hall–Kier alpha value is -2.64. The number of nitrogens with zero attached hydrogens (tertiary/aromatic N) is 5. The molecule has 0 bridgehead atoms.